The summed E-state index contributed by atoms with van der Waals surface area (Å²) < 4.78 is 5.22. The Morgan fingerprint density at radius 3 is 2.11 bits per heavy atom. The Hall–Kier alpha value is -3.93. The topological polar surface area (TPSA) is 66.9 Å². The average Bonchev–Trinajstić information content (AvgIpc) is 3.12. The van der Waals surface area contributed by atoms with Crippen molar-refractivity contribution in [2.24, 2.45) is 0 Å². The Balaban J connectivity index is 1.62. The van der Waals surface area contributed by atoms with Crippen LogP contribution < -0.4 is 4.74 Å². The molecule has 180 valence electrons. The minimum Gasteiger partial charge on any atom is -0.497 e. The highest BCUT2D eigenvalue weighted by atomic mass is 16.5. The molecule has 0 aromatic heterocycles. The van der Waals surface area contributed by atoms with Crippen LogP contribution in [-0.4, -0.2) is 48.7 Å². The summed E-state index contributed by atoms with van der Waals surface area (Å²) in [6, 6.07) is 24.9. The molecule has 4 rings (SSSR count). The van der Waals surface area contributed by atoms with Crippen molar-refractivity contribution in [1.82, 2.24) is 9.80 Å². The minimum absolute atomic E-state index is 0.0243. The van der Waals surface area contributed by atoms with Gasteiger partial charge in [0.1, 0.15) is 5.75 Å². The average molecular weight is 471 g/mol. The van der Waals surface area contributed by atoms with Gasteiger partial charge in [-0.15, -0.1) is 0 Å². The predicted molar refractivity (Wildman–Crippen MR) is 135 cm³/mol. The molecule has 0 N–H and O–H groups in total. The molecule has 3 aromatic carbocycles. The summed E-state index contributed by atoms with van der Waals surface area (Å²) in [5.74, 6) is -0.0718. The molecule has 0 spiro atoms. The number of imide groups is 1. The van der Waals surface area contributed by atoms with Crippen molar-refractivity contribution in [2.45, 2.75) is 31.2 Å². The molecule has 1 fully saturated rings. The monoisotopic (exact) mass is 470 g/mol. The van der Waals surface area contributed by atoms with Crippen LogP contribution in [0.2, 0.25) is 0 Å². The summed E-state index contributed by atoms with van der Waals surface area (Å²) >= 11 is 0. The van der Waals surface area contributed by atoms with Crippen LogP contribution in [0.5, 0.6) is 5.75 Å². The number of rotatable bonds is 7. The molecule has 0 aliphatic carbocycles. The molecule has 0 unspecified atom stereocenters. The Morgan fingerprint density at radius 1 is 0.971 bits per heavy atom. The number of hydrogen-bond acceptors (Lipinski definition) is 4. The van der Waals surface area contributed by atoms with Gasteiger partial charge >= 0.3 is 0 Å². The van der Waals surface area contributed by atoms with E-state index in [0.717, 1.165) is 27.3 Å². The van der Waals surface area contributed by atoms with Gasteiger partial charge in [-0.05, 0) is 41.3 Å². The highest BCUT2D eigenvalue weighted by Crippen LogP contribution is 2.41. The molecule has 0 bridgehead atoms. The first-order valence-corrected chi connectivity index (χ1v) is 11.6. The van der Waals surface area contributed by atoms with E-state index < -0.39 is 5.41 Å². The molecule has 1 saturated heterocycles. The fourth-order valence-corrected chi connectivity index (χ4v) is 4.67. The van der Waals surface area contributed by atoms with Crippen molar-refractivity contribution in [3.8, 4) is 16.9 Å². The van der Waals surface area contributed by atoms with Crippen LogP contribution in [0.25, 0.3) is 11.1 Å². The standard InChI is InChI=1S/C29H30N2O4/c1-20(21-12-16-25(35-4)17-13-21)30(2)26(32)18-29(19-27(33)31(3)28(29)34)24-14-10-23(11-15-24)22-8-6-5-7-9-22/h5-17,20H,18-19H2,1-4H3/t20-,29+/m0/s1. The van der Waals surface area contributed by atoms with E-state index in [-0.39, 0.29) is 36.6 Å². The van der Waals surface area contributed by atoms with Gasteiger partial charge in [0.15, 0.2) is 0 Å². The molecular formula is C29H30N2O4. The Morgan fingerprint density at radius 2 is 1.57 bits per heavy atom. The first kappa shape index (κ1) is 24.2. The molecular weight excluding hydrogens is 440 g/mol. The summed E-state index contributed by atoms with van der Waals surface area (Å²) in [5, 5.41) is 0. The molecule has 2 atom stereocenters. The molecule has 3 amide bonds. The fourth-order valence-electron chi connectivity index (χ4n) is 4.67. The van der Waals surface area contributed by atoms with E-state index in [1.165, 1.54) is 7.05 Å². The maximum absolute atomic E-state index is 13.5. The van der Waals surface area contributed by atoms with Crippen molar-refractivity contribution >= 4 is 17.7 Å². The lowest BCUT2D eigenvalue weighted by Crippen LogP contribution is -2.42. The normalized spacial score (nSPS) is 18.5. The van der Waals surface area contributed by atoms with Gasteiger partial charge in [0.2, 0.25) is 17.7 Å². The third-order valence-corrected chi connectivity index (χ3v) is 7.11. The number of carbonyl (C=O) groups is 3. The Bertz CT molecular complexity index is 1220. The van der Waals surface area contributed by atoms with Crippen molar-refractivity contribution in [2.75, 3.05) is 21.2 Å². The first-order chi connectivity index (χ1) is 16.8. The summed E-state index contributed by atoms with van der Waals surface area (Å²) in [4.78, 5) is 42.2. The van der Waals surface area contributed by atoms with Crippen LogP contribution in [0.15, 0.2) is 78.9 Å². The van der Waals surface area contributed by atoms with Gasteiger partial charge in [-0.1, -0.05) is 66.7 Å². The maximum atomic E-state index is 13.5. The highest BCUT2D eigenvalue weighted by molar-refractivity contribution is 6.10. The van der Waals surface area contributed by atoms with Crippen LogP contribution >= 0.6 is 0 Å². The number of amides is 3. The summed E-state index contributed by atoms with van der Waals surface area (Å²) in [6.45, 7) is 1.94. The molecule has 0 saturated carbocycles. The molecule has 3 aromatic rings. The van der Waals surface area contributed by atoms with E-state index in [0.29, 0.717) is 5.56 Å². The minimum atomic E-state index is -1.22. The smallest absolute Gasteiger partial charge is 0.240 e. The summed E-state index contributed by atoms with van der Waals surface area (Å²) in [6.07, 6.45) is -0.104. The summed E-state index contributed by atoms with van der Waals surface area (Å²) in [5.41, 5.74) is 2.48. The van der Waals surface area contributed by atoms with Crippen LogP contribution in [0, 0.1) is 0 Å². The van der Waals surface area contributed by atoms with Gasteiger partial charge in [-0.25, -0.2) is 0 Å². The van der Waals surface area contributed by atoms with Crippen LogP contribution in [0.1, 0.15) is 36.9 Å². The van der Waals surface area contributed by atoms with Gasteiger partial charge in [0, 0.05) is 26.9 Å². The lowest BCUT2D eigenvalue weighted by Gasteiger charge is -2.31. The first-order valence-electron chi connectivity index (χ1n) is 11.6. The largest absolute Gasteiger partial charge is 0.497 e. The number of ether oxygens (including phenoxy) is 1. The molecule has 1 aliphatic heterocycles. The van der Waals surface area contributed by atoms with Crippen molar-refractivity contribution < 1.29 is 19.1 Å². The van der Waals surface area contributed by atoms with Gasteiger partial charge in [0.25, 0.3) is 0 Å². The highest BCUT2D eigenvalue weighted by Gasteiger charge is 2.53. The van der Waals surface area contributed by atoms with Gasteiger partial charge in [0.05, 0.1) is 18.6 Å². The number of carbonyl (C=O) groups excluding carboxylic acids is 3. The number of nitrogens with zero attached hydrogens (tertiary/aromatic N) is 2. The molecule has 0 radical (unpaired) electrons. The van der Waals surface area contributed by atoms with Gasteiger partial charge in [-0.2, -0.15) is 0 Å². The number of hydrogen-bond donors (Lipinski definition) is 0. The SMILES string of the molecule is COc1ccc([C@H](C)N(C)C(=O)C[C@]2(c3ccc(-c4ccccc4)cc3)CC(=O)N(C)C2=O)cc1. The zero-order valence-electron chi connectivity index (χ0n) is 20.5. The predicted octanol–water partition coefficient (Wildman–Crippen LogP) is 4.60. The van der Waals surface area contributed by atoms with E-state index >= 15 is 0 Å². The van der Waals surface area contributed by atoms with Crippen LogP contribution in [-0.2, 0) is 19.8 Å². The van der Waals surface area contributed by atoms with Crippen LogP contribution in [0.4, 0.5) is 0 Å². The fraction of sp³-hybridized carbons (Fsp3) is 0.276. The number of benzene rings is 3. The molecule has 1 heterocycles. The quantitative estimate of drug-likeness (QED) is 0.474. The lowest BCUT2D eigenvalue weighted by molar-refractivity contribution is -0.141. The molecule has 6 heteroatoms. The lowest BCUT2D eigenvalue weighted by atomic mass is 9.75. The number of methoxy groups -OCH3 is 1. The van der Waals surface area contributed by atoms with E-state index in [1.54, 1.807) is 19.1 Å². The molecule has 1 aliphatic rings. The second kappa shape index (κ2) is 9.74. The van der Waals surface area contributed by atoms with E-state index in [1.807, 2.05) is 85.8 Å². The Labute approximate surface area is 206 Å². The second-order valence-electron chi connectivity index (χ2n) is 9.09. The summed E-state index contributed by atoms with van der Waals surface area (Å²) in [7, 11) is 4.82. The zero-order chi connectivity index (χ0) is 25.2. The van der Waals surface area contributed by atoms with Crippen molar-refractivity contribution in [1.29, 1.82) is 0 Å². The molecule has 6 nitrogen and oxygen atoms in total. The second-order valence-corrected chi connectivity index (χ2v) is 9.09. The van der Waals surface area contributed by atoms with E-state index in [2.05, 4.69) is 0 Å². The Kier molecular flexibility index (Phi) is 6.74. The number of likely N-dealkylation sites (tertiary alicyclic amines) is 1. The molecule has 35 heavy (non-hydrogen) atoms. The van der Waals surface area contributed by atoms with E-state index in [4.69, 9.17) is 4.74 Å². The third-order valence-electron chi connectivity index (χ3n) is 7.11. The van der Waals surface area contributed by atoms with Gasteiger partial charge < -0.3 is 9.64 Å². The third kappa shape index (κ3) is 4.56. The van der Waals surface area contributed by atoms with Crippen molar-refractivity contribution in [3.05, 3.63) is 90.0 Å². The van der Waals surface area contributed by atoms with Crippen molar-refractivity contribution in [3.63, 3.8) is 0 Å². The van der Waals surface area contributed by atoms with E-state index in [9.17, 15) is 14.4 Å². The maximum Gasteiger partial charge on any atom is 0.240 e. The van der Waals surface area contributed by atoms with Crippen LogP contribution in [0.3, 0.4) is 0 Å². The van der Waals surface area contributed by atoms with Gasteiger partial charge in [-0.3, -0.25) is 19.3 Å². The number of likely N-dealkylation sites (N-methyl/N-ethyl adjacent to an activating group) is 1. The zero-order valence-corrected chi connectivity index (χ0v) is 20.5.